The normalized spacial score (nSPS) is 10.4. The molecule has 0 fully saturated rings. The number of rotatable bonds is 7. The van der Waals surface area contributed by atoms with Gasteiger partial charge in [-0.1, -0.05) is 0 Å². The van der Waals surface area contributed by atoms with Gasteiger partial charge in [0.2, 0.25) is 0 Å². The number of nitrogens with one attached hydrogen (secondary N) is 2. The van der Waals surface area contributed by atoms with Crippen molar-refractivity contribution in [2.45, 2.75) is 13.3 Å². The Labute approximate surface area is 123 Å². The molecule has 0 saturated heterocycles. The van der Waals surface area contributed by atoms with Crippen LogP contribution in [0.1, 0.15) is 12.6 Å². The third kappa shape index (κ3) is 3.95. The predicted molar refractivity (Wildman–Crippen MR) is 82.7 cm³/mol. The summed E-state index contributed by atoms with van der Waals surface area (Å²) in [5, 5.41) is 21.4. The molecule has 0 atom stereocenters. The van der Waals surface area contributed by atoms with Gasteiger partial charge in [-0.2, -0.15) is 5.10 Å². The molecule has 0 radical (unpaired) electrons. The van der Waals surface area contributed by atoms with Gasteiger partial charge < -0.3 is 10.6 Å². The van der Waals surface area contributed by atoms with Gasteiger partial charge in [-0.15, -0.1) is 0 Å². The average Bonchev–Trinajstić information content (AvgIpc) is 2.84. The Balaban J connectivity index is 2.04. The standard InChI is InChI=1S/C14H19N5O2/c1-3-15-11-8-12(10-14(9-11)19(20)21)16-6-4-13-5-7-17-18(13)2/h5,7-10,15-16H,3-4,6H2,1-2H3. The first-order valence-electron chi connectivity index (χ1n) is 6.84. The SMILES string of the molecule is CCNc1cc(NCCc2ccnn2C)cc([N+](=O)[O-])c1. The fourth-order valence-electron chi connectivity index (χ4n) is 2.11. The van der Waals surface area contributed by atoms with E-state index in [4.69, 9.17) is 0 Å². The lowest BCUT2D eigenvalue weighted by Gasteiger charge is -2.10. The summed E-state index contributed by atoms with van der Waals surface area (Å²) in [6.45, 7) is 3.36. The number of hydrogen-bond acceptors (Lipinski definition) is 5. The van der Waals surface area contributed by atoms with E-state index in [1.54, 1.807) is 12.3 Å². The number of aromatic nitrogens is 2. The van der Waals surface area contributed by atoms with Crippen molar-refractivity contribution in [1.29, 1.82) is 0 Å². The minimum absolute atomic E-state index is 0.0801. The lowest BCUT2D eigenvalue weighted by atomic mass is 10.2. The summed E-state index contributed by atoms with van der Waals surface area (Å²) < 4.78 is 1.82. The van der Waals surface area contributed by atoms with Crippen LogP contribution in [-0.2, 0) is 13.5 Å². The number of nitrogens with zero attached hydrogens (tertiary/aromatic N) is 3. The van der Waals surface area contributed by atoms with Crippen molar-refractivity contribution in [1.82, 2.24) is 9.78 Å². The largest absolute Gasteiger partial charge is 0.385 e. The van der Waals surface area contributed by atoms with Crippen molar-refractivity contribution in [2.24, 2.45) is 7.05 Å². The summed E-state index contributed by atoms with van der Waals surface area (Å²) >= 11 is 0. The van der Waals surface area contributed by atoms with E-state index in [1.165, 1.54) is 6.07 Å². The van der Waals surface area contributed by atoms with Crippen molar-refractivity contribution >= 4 is 17.1 Å². The quantitative estimate of drug-likeness (QED) is 0.604. The van der Waals surface area contributed by atoms with Crippen LogP contribution < -0.4 is 10.6 Å². The zero-order chi connectivity index (χ0) is 15.2. The van der Waals surface area contributed by atoms with Gasteiger partial charge in [0.25, 0.3) is 5.69 Å². The smallest absolute Gasteiger partial charge is 0.273 e. The number of aryl methyl sites for hydroxylation is 1. The van der Waals surface area contributed by atoms with Crippen molar-refractivity contribution in [3.8, 4) is 0 Å². The number of nitro benzene ring substituents is 1. The Hall–Kier alpha value is -2.57. The molecule has 0 aliphatic carbocycles. The second-order valence-electron chi connectivity index (χ2n) is 4.68. The summed E-state index contributed by atoms with van der Waals surface area (Å²) in [6.07, 6.45) is 2.56. The molecule has 7 heteroatoms. The minimum atomic E-state index is -0.382. The number of nitro groups is 1. The van der Waals surface area contributed by atoms with Crippen LogP contribution in [0.2, 0.25) is 0 Å². The topological polar surface area (TPSA) is 85.0 Å². The monoisotopic (exact) mass is 289 g/mol. The molecule has 1 aromatic carbocycles. The van der Waals surface area contributed by atoms with E-state index in [9.17, 15) is 10.1 Å². The lowest BCUT2D eigenvalue weighted by Crippen LogP contribution is -2.09. The highest BCUT2D eigenvalue weighted by molar-refractivity contribution is 5.63. The highest BCUT2D eigenvalue weighted by Crippen LogP contribution is 2.24. The van der Waals surface area contributed by atoms with Gasteiger partial charge in [0.05, 0.1) is 4.92 Å². The zero-order valence-electron chi connectivity index (χ0n) is 12.2. The van der Waals surface area contributed by atoms with Crippen molar-refractivity contribution in [2.75, 3.05) is 23.7 Å². The molecule has 0 aliphatic rings. The summed E-state index contributed by atoms with van der Waals surface area (Å²) in [6, 6.07) is 6.92. The second kappa shape index (κ2) is 6.74. The van der Waals surface area contributed by atoms with E-state index in [-0.39, 0.29) is 10.6 Å². The van der Waals surface area contributed by atoms with Crippen LogP contribution in [0.25, 0.3) is 0 Å². The van der Waals surface area contributed by atoms with Crippen molar-refractivity contribution in [3.63, 3.8) is 0 Å². The fraction of sp³-hybridized carbons (Fsp3) is 0.357. The van der Waals surface area contributed by atoms with Crippen LogP contribution in [-0.4, -0.2) is 27.8 Å². The first-order chi connectivity index (χ1) is 10.1. The third-order valence-corrected chi connectivity index (χ3v) is 3.14. The molecule has 0 amide bonds. The Morgan fingerprint density at radius 1 is 1.29 bits per heavy atom. The number of anilines is 2. The van der Waals surface area contributed by atoms with E-state index in [2.05, 4.69) is 15.7 Å². The molecule has 112 valence electrons. The molecule has 0 spiro atoms. The van der Waals surface area contributed by atoms with Crippen LogP contribution in [0.15, 0.2) is 30.5 Å². The Morgan fingerprint density at radius 2 is 2.00 bits per heavy atom. The maximum absolute atomic E-state index is 11.0. The van der Waals surface area contributed by atoms with Crippen LogP contribution in [0.5, 0.6) is 0 Å². The Morgan fingerprint density at radius 3 is 2.57 bits per heavy atom. The van der Waals surface area contributed by atoms with E-state index in [0.29, 0.717) is 6.54 Å². The van der Waals surface area contributed by atoms with Crippen LogP contribution in [0.4, 0.5) is 17.1 Å². The molecule has 2 N–H and O–H groups in total. The molecule has 0 aliphatic heterocycles. The third-order valence-electron chi connectivity index (χ3n) is 3.14. The summed E-state index contributed by atoms with van der Waals surface area (Å²) in [5.41, 5.74) is 2.67. The molecule has 0 saturated carbocycles. The van der Waals surface area contributed by atoms with Crippen molar-refractivity contribution in [3.05, 3.63) is 46.3 Å². The molecule has 2 aromatic rings. The molecule has 21 heavy (non-hydrogen) atoms. The van der Waals surface area contributed by atoms with Crippen molar-refractivity contribution < 1.29 is 4.92 Å². The molecule has 1 aromatic heterocycles. The molecule has 7 nitrogen and oxygen atoms in total. The van der Waals surface area contributed by atoms with Crippen LogP contribution >= 0.6 is 0 Å². The van der Waals surface area contributed by atoms with Gasteiger partial charge >= 0.3 is 0 Å². The molecular formula is C14H19N5O2. The average molecular weight is 289 g/mol. The Kier molecular flexibility index (Phi) is 4.76. The van der Waals surface area contributed by atoms with Gasteiger partial charge in [0.1, 0.15) is 0 Å². The van der Waals surface area contributed by atoms with Crippen LogP contribution in [0, 0.1) is 10.1 Å². The highest BCUT2D eigenvalue weighted by atomic mass is 16.6. The first kappa shape index (κ1) is 14.8. The number of hydrogen-bond donors (Lipinski definition) is 2. The van der Waals surface area contributed by atoms with Gasteiger partial charge in [-0.25, -0.2) is 0 Å². The molecule has 1 heterocycles. The van der Waals surface area contributed by atoms with Gasteiger partial charge in [-0.05, 0) is 19.1 Å². The molecular weight excluding hydrogens is 270 g/mol. The molecule has 2 rings (SSSR count). The summed E-state index contributed by atoms with van der Waals surface area (Å²) in [4.78, 5) is 10.6. The number of non-ortho nitro benzene ring substituents is 1. The van der Waals surface area contributed by atoms with Crippen LogP contribution in [0.3, 0.4) is 0 Å². The maximum atomic E-state index is 11.0. The van der Waals surface area contributed by atoms with Gasteiger partial charge in [0.15, 0.2) is 0 Å². The number of benzene rings is 1. The van der Waals surface area contributed by atoms with E-state index < -0.39 is 0 Å². The minimum Gasteiger partial charge on any atom is -0.385 e. The lowest BCUT2D eigenvalue weighted by molar-refractivity contribution is -0.384. The summed E-state index contributed by atoms with van der Waals surface area (Å²) in [7, 11) is 1.89. The molecule has 0 bridgehead atoms. The second-order valence-corrected chi connectivity index (χ2v) is 4.68. The highest BCUT2D eigenvalue weighted by Gasteiger charge is 2.09. The van der Waals surface area contributed by atoms with Gasteiger partial charge in [0, 0.05) is 62.0 Å². The van der Waals surface area contributed by atoms with E-state index in [1.807, 2.05) is 30.8 Å². The maximum Gasteiger partial charge on any atom is 0.273 e. The van der Waals surface area contributed by atoms with E-state index >= 15 is 0 Å². The fourth-order valence-corrected chi connectivity index (χ4v) is 2.11. The van der Waals surface area contributed by atoms with E-state index in [0.717, 1.165) is 30.0 Å². The zero-order valence-corrected chi connectivity index (χ0v) is 12.2. The van der Waals surface area contributed by atoms with Gasteiger partial charge in [-0.3, -0.25) is 14.8 Å². The Bertz CT molecular complexity index is 624. The first-order valence-corrected chi connectivity index (χ1v) is 6.84. The predicted octanol–water partition coefficient (Wildman–Crippen LogP) is 2.41. The molecule has 0 unspecified atom stereocenters. The summed E-state index contributed by atoms with van der Waals surface area (Å²) in [5.74, 6) is 0.